The topological polar surface area (TPSA) is 38.3 Å². The third-order valence-corrected chi connectivity index (χ3v) is 2.91. The fourth-order valence-electron chi connectivity index (χ4n) is 2.18. The Balaban J connectivity index is 2.17. The minimum absolute atomic E-state index is 0.360. The van der Waals surface area contributed by atoms with Gasteiger partial charge in [0, 0.05) is 5.69 Å². The zero-order chi connectivity index (χ0) is 11.4. The third-order valence-electron chi connectivity index (χ3n) is 2.91. The maximum atomic E-state index is 11.4. The molecule has 1 aromatic rings. The molecule has 2 rings (SSSR count). The number of hydrogen-bond acceptors (Lipinski definition) is 2. The van der Waals surface area contributed by atoms with Crippen molar-refractivity contribution in [2.75, 3.05) is 11.9 Å². The summed E-state index contributed by atoms with van der Waals surface area (Å²) in [5, 5.41) is 2.81. The van der Waals surface area contributed by atoms with Crippen molar-refractivity contribution in [3.63, 3.8) is 0 Å². The first-order chi connectivity index (χ1) is 7.81. The molecule has 0 aromatic heterocycles. The lowest BCUT2D eigenvalue weighted by atomic mass is 9.90. The molecular formula is C13H17NO2. The molecule has 3 heteroatoms. The van der Waals surface area contributed by atoms with Crippen LogP contribution in [-0.4, -0.2) is 12.7 Å². The molecule has 0 atom stereocenters. The van der Waals surface area contributed by atoms with E-state index in [1.807, 2.05) is 12.1 Å². The fraction of sp³-hybridized carbons (Fsp3) is 0.462. The van der Waals surface area contributed by atoms with Crippen molar-refractivity contribution in [2.24, 2.45) is 0 Å². The van der Waals surface area contributed by atoms with E-state index in [0.29, 0.717) is 6.61 Å². The monoisotopic (exact) mass is 219 g/mol. The molecule has 1 aliphatic carbocycles. The number of amides is 1. The van der Waals surface area contributed by atoms with E-state index in [-0.39, 0.29) is 6.09 Å². The van der Waals surface area contributed by atoms with Gasteiger partial charge in [0.1, 0.15) is 0 Å². The van der Waals surface area contributed by atoms with Gasteiger partial charge in [0.05, 0.1) is 6.61 Å². The molecule has 16 heavy (non-hydrogen) atoms. The van der Waals surface area contributed by atoms with E-state index in [0.717, 1.165) is 18.5 Å². The highest BCUT2D eigenvalue weighted by molar-refractivity contribution is 5.86. The van der Waals surface area contributed by atoms with Crippen LogP contribution in [0.15, 0.2) is 18.2 Å². The maximum absolute atomic E-state index is 11.4. The van der Waals surface area contributed by atoms with Gasteiger partial charge in [-0.05, 0) is 49.8 Å². The van der Waals surface area contributed by atoms with Crippen molar-refractivity contribution in [2.45, 2.75) is 32.6 Å². The number of nitrogens with one attached hydrogen (secondary N) is 1. The second-order valence-electron chi connectivity index (χ2n) is 4.00. The van der Waals surface area contributed by atoms with Crippen LogP contribution in [0, 0.1) is 0 Å². The molecule has 0 bridgehead atoms. The number of hydrogen-bond donors (Lipinski definition) is 1. The minimum atomic E-state index is -0.360. The molecule has 0 saturated carbocycles. The number of carbonyl (C=O) groups excluding carboxylic acids is 1. The van der Waals surface area contributed by atoms with Gasteiger partial charge in [-0.2, -0.15) is 0 Å². The first-order valence-corrected chi connectivity index (χ1v) is 5.86. The summed E-state index contributed by atoms with van der Waals surface area (Å²) < 4.78 is 4.89. The lowest BCUT2D eigenvalue weighted by molar-refractivity contribution is 0.168. The Labute approximate surface area is 95.8 Å². The van der Waals surface area contributed by atoms with Crippen molar-refractivity contribution in [3.8, 4) is 0 Å². The fourth-order valence-corrected chi connectivity index (χ4v) is 2.18. The number of carbonyl (C=O) groups is 1. The van der Waals surface area contributed by atoms with E-state index < -0.39 is 0 Å². The van der Waals surface area contributed by atoms with E-state index in [1.165, 1.54) is 24.0 Å². The summed E-state index contributed by atoms with van der Waals surface area (Å²) in [7, 11) is 0. The van der Waals surface area contributed by atoms with Gasteiger partial charge in [-0.1, -0.05) is 12.1 Å². The van der Waals surface area contributed by atoms with Crippen molar-refractivity contribution in [1.29, 1.82) is 0 Å². The van der Waals surface area contributed by atoms with Crippen molar-refractivity contribution in [3.05, 3.63) is 29.3 Å². The molecule has 86 valence electrons. The van der Waals surface area contributed by atoms with E-state index in [4.69, 9.17) is 4.74 Å². The van der Waals surface area contributed by atoms with Gasteiger partial charge in [-0.25, -0.2) is 4.79 Å². The average Bonchev–Trinajstić information content (AvgIpc) is 2.30. The van der Waals surface area contributed by atoms with E-state index >= 15 is 0 Å². The summed E-state index contributed by atoms with van der Waals surface area (Å²) in [5.41, 5.74) is 3.55. The molecule has 1 amide bonds. The predicted molar refractivity (Wildman–Crippen MR) is 63.7 cm³/mol. The molecule has 1 N–H and O–H groups in total. The second kappa shape index (κ2) is 5.01. The van der Waals surface area contributed by atoms with Crippen molar-refractivity contribution < 1.29 is 9.53 Å². The Kier molecular flexibility index (Phi) is 3.44. The second-order valence-corrected chi connectivity index (χ2v) is 4.00. The maximum Gasteiger partial charge on any atom is 0.411 e. The molecule has 1 aromatic carbocycles. The molecule has 1 aliphatic rings. The molecule has 0 aliphatic heterocycles. The standard InChI is InChI=1S/C13H17NO2/c1-2-16-13(15)14-12-9-5-7-10-6-3-4-8-11(10)12/h5,7,9H,2-4,6,8H2,1H3,(H,14,15). The predicted octanol–water partition coefficient (Wildman–Crippen LogP) is 3.13. The number of aryl methyl sites for hydroxylation is 1. The van der Waals surface area contributed by atoms with Gasteiger partial charge in [-0.15, -0.1) is 0 Å². The Morgan fingerprint density at radius 3 is 3.00 bits per heavy atom. The summed E-state index contributed by atoms with van der Waals surface area (Å²) >= 11 is 0. The van der Waals surface area contributed by atoms with Gasteiger partial charge >= 0.3 is 6.09 Å². The van der Waals surface area contributed by atoms with Crippen LogP contribution in [0.3, 0.4) is 0 Å². The van der Waals surface area contributed by atoms with Crippen LogP contribution in [0.5, 0.6) is 0 Å². The van der Waals surface area contributed by atoms with Gasteiger partial charge in [0.2, 0.25) is 0 Å². The van der Waals surface area contributed by atoms with E-state index in [1.54, 1.807) is 6.92 Å². The number of benzene rings is 1. The molecule has 0 heterocycles. The number of rotatable bonds is 2. The van der Waals surface area contributed by atoms with Gasteiger partial charge in [0.15, 0.2) is 0 Å². The SMILES string of the molecule is CCOC(=O)Nc1cccc2c1CCCC2. The van der Waals surface area contributed by atoms with Crippen LogP contribution in [0.2, 0.25) is 0 Å². The van der Waals surface area contributed by atoms with Gasteiger partial charge < -0.3 is 4.74 Å². The largest absolute Gasteiger partial charge is 0.450 e. The Bertz CT molecular complexity index is 388. The van der Waals surface area contributed by atoms with E-state index in [9.17, 15) is 4.79 Å². The Morgan fingerprint density at radius 1 is 1.38 bits per heavy atom. The lowest BCUT2D eigenvalue weighted by Crippen LogP contribution is -2.16. The number of fused-ring (bicyclic) bond motifs is 1. The molecule has 3 nitrogen and oxygen atoms in total. The third kappa shape index (κ3) is 2.35. The number of ether oxygens (including phenoxy) is 1. The lowest BCUT2D eigenvalue weighted by Gasteiger charge is -2.19. The highest BCUT2D eigenvalue weighted by Gasteiger charge is 2.14. The van der Waals surface area contributed by atoms with Gasteiger partial charge in [0.25, 0.3) is 0 Å². The smallest absolute Gasteiger partial charge is 0.411 e. The molecular weight excluding hydrogens is 202 g/mol. The molecule has 0 spiro atoms. The quantitative estimate of drug-likeness (QED) is 0.829. The summed E-state index contributed by atoms with van der Waals surface area (Å²) in [4.78, 5) is 11.4. The minimum Gasteiger partial charge on any atom is -0.450 e. The van der Waals surface area contributed by atoms with Crippen LogP contribution < -0.4 is 5.32 Å². The summed E-state index contributed by atoms with van der Waals surface area (Å²) in [6.07, 6.45) is 4.26. The molecule has 0 unspecified atom stereocenters. The van der Waals surface area contributed by atoms with Crippen LogP contribution in [0.4, 0.5) is 10.5 Å². The summed E-state index contributed by atoms with van der Waals surface area (Å²) in [6, 6.07) is 6.08. The molecule has 0 saturated heterocycles. The van der Waals surface area contributed by atoms with Crippen LogP contribution in [0.25, 0.3) is 0 Å². The van der Waals surface area contributed by atoms with Crippen molar-refractivity contribution in [1.82, 2.24) is 0 Å². The van der Waals surface area contributed by atoms with Crippen LogP contribution in [-0.2, 0) is 17.6 Å². The van der Waals surface area contributed by atoms with Crippen LogP contribution >= 0.6 is 0 Å². The molecule has 0 fully saturated rings. The summed E-state index contributed by atoms with van der Waals surface area (Å²) in [5.74, 6) is 0. The summed E-state index contributed by atoms with van der Waals surface area (Å²) in [6.45, 7) is 2.21. The highest BCUT2D eigenvalue weighted by Crippen LogP contribution is 2.27. The average molecular weight is 219 g/mol. The molecule has 0 radical (unpaired) electrons. The normalized spacial score (nSPS) is 14.1. The van der Waals surface area contributed by atoms with Crippen molar-refractivity contribution >= 4 is 11.8 Å². The Hall–Kier alpha value is -1.51. The first kappa shape index (κ1) is 11.0. The zero-order valence-electron chi connectivity index (χ0n) is 9.58. The zero-order valence-corrected chi connectivity index (χ0v) is 9.58. The number of anilines is 1. The van der Waals surface area contributed by atoms with Gasteiger partial charge in [-0.3, -0.25) is 5.32 Å². The van der Waals surface area contributed by atoms with E-state index in [2.05, 4.69) is 11.4 Å². The highest BCUT2D eigenvalue weighted by atomic mass is 16.5. The Morgan fingerprint density at radius 2 is 2.19 bits per heavy atom. The van der Waals surface area contributed by atoms with Crippen LogP contribution in [0.1, 0.15) is 30.9 Å². The first-order valence-electron chi connectivity index (χ1n) is 5.86.